The number of nitrogens with one attached hydrogen (secondary N) is 1. The molecule has 24 heavy (non-hydrogen) atoms. The van der Waals surface area contributed by atoms with E-state index in [4.69, 9.17) is 0 Å². The maximum Gasteiger partial charge on any atom is 0.317 e. The van der Waals surface area contributed by atoms with Crippen molar-refractivity contribution in [1.29, 1.82) is 0 Å². The monoisotopic (exact) mass is 331 g/mol. The van der Waals surface area contributed by atoms with Gasteiger partial charge in [0, 0.05) is 19.6 Å². The molecule has 132 valence electrons. The molecule has 2 fully saturated rings. The lowest BCUT2D eigenvalue weighted by Gasteiger charge is -2.38. The fraction of sp³-hybridized carbons (Fsp3) is 0.632. The molecule has 2 heterocycles. The van der Waals surface area contributed by atoms with E-state index in [0.717, 1.165) is 25.1 Å². The summed E-state index contributed by atoms with van der Waals surface area (Å²) >= 11 is 0. The van der Waals surface area contributed by atoms with E-state index < -0.39 is 5.60 Å². The van der Waals surface area contributed by atoms with Crippen molar-refractivity contribution >= 4 is 6.03 Å². The molecule has 3 rings (SSSR count). The molecule has 0 aromatic heterocycles. The zero-order valence-electron chi connectivity index (χ0n) is 14.4. The molecule has 5 heteroatoms. The van der Waals surface area contributed by atoms with Gasteiger partial charge in [-0.2, -0.15) is 0 Å². The summed E-state index contributed by atoms with van der Waals surface area (Å²) in [6.07, 6.45) is 4.82. The molecule has 0 bridgehead atoms. The van der Waals surface area contributed by atoms with Crippen LogP contribution in [0.25, 0.3) is 0 Å². The Balaban J connectivity index is 1.38. The fourth-order valence-electron chi connectivity index (χ4n) is 3.73. The van der Waals surface area contributed by atoms with Crippen molar-refractivity contribution in [2.24, 2.45) is 0 Å². The predicted molar refractivity (Wildman–Crippen MR) is 94.8 cm³/mol. The highest BCUT2D eigenvalue weighted by Gasteiger charge is 2.35. The predicted octanol–water partition coefficient (Wildman–Crippen LogP) is 2.17. The van der Waals surface area contributed by atoms with Crippen LogP contribution in [0.1, 0.15) is 37.7 Å². The lowest BCUT2D eigenvalue weighted by atomic mass is 9.84. The van der Waals surface area contributed by atoms with Gasteiger partial charge in [-0.05, 0) is 57.3 Å². The molecule has 0 radical (unpaired) electrons. The van der Waals surface area contributed by atoms with Crippen LogP contribution < -0.4 is 5.32 Å². The van der Waals surface area contributed by atoms with Gasteiger partial charge in [0.1, 0.15) is 0 Å². The van der Waals surface area contributed by atoms with E-state index in [-0.39, 0.29) is 6.03 Å². The molecule has 2 aliphatic heterocycles. The minimum Gasteiger partial charge on any atom is -0.385 e. The number of urea groups is 1. The Morgan fingerprint density at radius 2 is 1.75 bits per heavy atom. The van der Waals surface area contributed by atoms with Crippen molar-refractivity contribution in [2.45, 2.75) is 37.7 Å². The second-order valence-corrected chi connectivity index (χ2v) is 7.02. The van der Waals surface area contributed by atoms with Crippen LogP contribution in [0.3, 0.4) is 0 Å². The Kier molecular flexibility index (Phi) is 5.74. The van der Waals surface area contributed by atoms with Gasteiger partial charge in [-0.15, -0.1) is 0 Å². The molecule has 0 aliphatic carbocycles. The molecule has 1 aromatic carbocycles. The molecule has 1 aromatic rings. The van der Waals surface area contributed by atoms with Gasteiger partial charge in [0.25, 0.3) is 0 Å². The highest BCUT2D eigenvalue weighted by atomic mass is 16.3. The van der Waals surface area contributed by atoms with Crippen LogP contribution >= 0.6 is 0 Å². The Morgan fingerprint density at radius 3 is 2.42 bits per heavy atom. The maximum absolute atomic E-state index is 12.3. The number of likely N-dealkylation sites (tertiary alicyclic amines) is 2. The number of benzene rings is 1. The van der Waals surface area contributed by atoms with Gasteiger partial charge in [0.15, 0.2) is 0 Å². The van der Waals surface area contributed by atoms with Crippen LogP contribution in [0.2, 0.25) is 0 Å². The Labute approximate surface area is 144 Å². The second kappa shape index (κ2) is 7.99. The average molecular weight is 331 g/mol. The fourth-order valence-corrected chi connectivity index (χ4v) is 3.73. The number of rotatable bonds is 5. The van der Waals surface area contributed by atoms with Gasteiger partial charge < -0.3 is 20.2 Å². The first-order valence-electron chi connectivity index (χ1n) is 9.20. The molecule has 2 saturated heterocycles. The van der Waals surface area contributed by atoms with Crippen molar-refractivity contribution in [3.63, 3.8) is 0 Å². The SMILES string of the molecule is O=C(NCCCN1CCCC1)N1CCC(O)(c2ccccc2)CC1. The number of hydrogen-bond acceptors (Lipinski definition) is 3. The summed E-state index contributed by atoms with van der Waals surface area (Å²) in [6.45, 7) is 5.42. The molecule has 2 N–H and O–H groups in total. The molecule has 2 aliphatic rings. The number of carbonyl (C=O) groups is 1. The van der Waals surface area contributed by atoms with E-state index >= 15 is 0 Å². The standard InChI is InChI=1S/C19H29N3O2/c23-18(20-11-6-14-21-12-4-5-13-21)22-15-9-19(24,10-16-22)17-7-2-1-3-8-17/h1-3,7-8,24H,4-6,9-16H2,(H,20,23). The van der Waals surface area contributed by atoms with Crippen LogP contribution in [0.15, 0.2) is 30.3 Å². The van der Waals surface area contributed by atoms with Crippen molar-refractivity contribution in [1.82, 2.24) is 15.1 Å². The van der Waals surface area contributed by atoms with E-state index in [1.165, 1.54) is 25.9 Å². The third-order valence-corrected chi connectivity index (χ3v) is 5.31. The molecule has 0 unspecified atom stereocenters. The molecule has 2 amide bonds. The normalized spacial score (nSPS) is 21.0. The van der Waals surface area contributed by atoms with E-state index in [2.05, 4.69) is 10.2 Å². The minimum atomic E-state index is -0.798. The van der Waals surface area contributed by atoms with Gasteiger partial charge >= 0.3 is 6.03 Å². The smallest absolute Gasteiger partial charge is 0.317 e. The van der Waals surface area contributed by atoms with Gasteiger partial charge in [0.05, 0.1) is 5.60 Å². The number of hydrogen-bond donors (Lipinski definition) is 2. The molecular formula is C19H29N3O2. The topological polar surface area (TPSA) is 55.8 Å². The van der Waals surface area contributed by atoms with Gasteiger partial charge in [-0.1, -0.05) is 30.3 Å². The van der Waals surface area contributed by atoms with Crippen LogP contribution in [-0.2, 0) is 5.60 Å². The van der Waals surface area contributed by atoms with Crippen LogP contribution in [0.5, 0.6) is 0 Å². The number of piperidine rings is 1. The molecule has 0 atom stereocenters. The van der Waals surface area contributed by atoms with E-state index in [1.807, 2.05) is 35.2 Å². The summed E-state index contributed by atoms with van der Waals surface area (Å²) in [5.41, 5.74) is 0.157. The first kappa shape index (κ1) is 17.2. The van der Waals surface area contributed by atoms with E-state index in [9.17, 15) is 9.90 Å². The number of amides is 2. The zero-order chi connectivity index (χ0) is 16.8. The second-order valence-electron chi connectivity index (χ2n) is 7.02. The summed E-state index contributed by atoms with van der Waals surface area (Å²) in [4.78, 5) is 16.6. The molecule has 0 spiro atoms. The van der Waals surface area contributed by atoms with E-state index in [0.29, 0.717) is 25.9 Å². The Morgan fingerprint density at radius 1 is 1.08 bits per heavy atom. The number of carbonyl (C=O) groups excluding carboxylic acids is 1. The summed E-state index contributed by atoms with van der Waals surface area (Å²) in [5.74, 6) is 0. The van der Waals surface area contributed by atoms with Gasteiger partial charge in [0.2, 0.25) is 0 Å². The Hall–Kier alpha value is -1.59. The summed E-state index contributed by atoms with van der Waals surface area (Å²) < 4.78 is 0. The first-order chi connectivity index (χ1) is 11.7. The third-order valence-electron chi connectivity index (χ3n) is 5.31. The lowest BCUT2D eigenvalue weighted by molar-refractivity contribution is -0.0167. The number of aliphatic hydroxyl groups is 1. The van der Waals surface area contributed by atoms with Gasteiger partial charge in [-0.3, -0.25) is 0 Å². The van der Waals surface area contributed by atoms with Gasteiger partial charge in [-0.25, -0.2) is 4.79 Å². The summed E-state index contributed by atoms with van der Waals surface area (Å²) in [7, 11) is 0. The zero-order valence-corrected chi connectivity index (χ0v) is 14.4. The quantitative estimate of drug-likeness (QED) is 0.813. The van der Waals surface area contributed by atoms with Crippen molar-refractivity contribution in [3.05, 3.63) is 35.9 Å². The van der Waals surface area contributed by atoms with Crippen molar-refractivity contribution in [2.75, 3.05) is 39.3 Å². The highest BCUT2D eigenvalue weighted by Crippen LogP contribution is 2.32. The summed E-state index contributed by atoms with van der Waals surface area (Å²) in [5, 5.41) is 13.8. The largest absolute Gasteiger partial charge is 0.385 e. The lowest BCUT2D eigenvalue weighted by Crippen LogP contribution is -2.49. The van der Waals surface area contributed by atoms with Crippen LogP contribution in [0.4, 0.5) is 4.79 Å². The van der Waals surface area contributed by atoms with Crippen molar-refractivity contribution in [3.8, 4) is 0 Å². The van der Waals surface area contributed by atoms with E-state index in [1.54, 1.807) is 0 Å². The maximum atomic E-state index is 12.3. The van der Waals surface area contributed by atoms with Crippen LogP contribution in [-0.4, -0.2) is 60.2 Å². The highest BCUT2D eigenvalue weighted by molar-refractivity contribution is 5.74. The summed E-state index contributed by atoms with van der Waals surface area (Å²) in [6, 6.07) is 9.80. The molecule has 5 nitrogen and oxygen atoms in total. The Bertz CT molecular complexity index is 521. The number of nitrogens with zero attached hydrogens (tertiary/aromatic N) is 2. The third kappa shape index (κ3) is 4.28. The first-order valence-corrected chi connectivity index (χ1v) is 9.20. The minimum absolute atomic E-state index is 0.00605. The van der Waals surface area contributed by atoms with Crippen molar-refractivity contribution < 1.29 is 9.90 Å². The van der Waals surface area contributed by atoms with Crippen LogP contribution in [0, 0.1) is 0 Å². The molecular weight excluding hydrogens is 302 g/mol. The average Bonchev–Trinajstić information content (AvgIpc) is 3.13. The molecule has 0 saturated carbocycles.